The second-order valence-corrected chi connectivity index (χ2v) is 7.08. The van der Waals surface area contributed by atoms with Crippen molar-refractivity contribution in [3.63, 3.8) is 0 Å². The predicted molar refractivity (Wildman–Crippen MR) is 91.6 cm³/mol. The topological polar surface area (TPSA) is 62.9 Å². The molecule has 7 heteroatoms. The Morgan fingerprint density at radius 2 is 2.17 bits per heavy atom. The number of halogens is 1. The van der Waals surface area contributed by atoms with Crippen molar-refractivity contribution in [2.75, 3.05) is 24.6 Å². The lowest BCUT2D eigenvalue weighted by molar-refractivity contribution is -0.166. The van der Waals surface area contributed by atoms with E-state index in [1.165, 1.54) is 0 Å². The highest BCUT2D eigenvalue weighted by Crippen LogP contribution is 2.38. The molecule has 2 aromatic heterocycles. The highest BCUT2D eigenvalue weighted by atomic mass is 35.5. The van der Waals surface area contributed by atoms with E-state index in [1.54, 1.807) is 6.33 Å². The van der Waals surface area contributed by atoms with Crippen LogP contribution in [0.15, 0.2) is 30.7 Å². The third-order valence-electron chi connectivity index (χ3n) is 5.13. The van der Waals surface area contributed by atoms with Crippen LogP contribution in [0.1, 0.15) is 12.8 Å². The second kappa shape index (κ2) is 5.05. The van der Waals surface area contributed by atoms with Crippen molar-refractivity contribution >= 4 is 34.0 Å². The van der Waals surface area contributed by atoms with Crippen LogP contribution in [0, 0.1) is 0 Å². The quantitative estimate of drug-likeness (QED) is 0.733. The smallest absolute Gasteiger partial charge is 0.155 e. The maximum atomic E-state index is 10.3. The van der Waals surface area contributed by atoms with E-state index in [-0.39, 0.29) is 0 Å². The van der Waals surface area contributed by atoms with Crippen molar-refractivity contribution in [2.45, 2.75) is 24.5 Å². The first kappa shape index (κ1) is 14.5. The molecule has 2 aliphatic rings. The van der Waals surface area contributed by atoms with Gasteiger partial charge in [-0.25, -0.2) is 9.97 Å². The summed E-state index contributed by atoms with van der Waals surface area (Å²) in [4.78, 5) is 11.2. The van der Waals surface area contributed by atoms with Crippen molar-refractivity contribution in [1.29, 1.82) is 0 Å². The fourth-order valence-corrected chi connectivity index (χ4v) is 3.97. The maximum absolute atomic E-state index is 10.3. The van der Waals surface area contributed by atoms with Gasteiger partial charge in [-0.15, -0.1) is 0 Å². The predicted octanol–water partition coefficient (Wildman–Crippen LogP) is 2.27. The molecule has 124 valence electrons. The summed E-state index contributed by atoms with van der Waals surface area (Å²) in [5, 5.41) is 11.0. The normalized spacial score (nSPS) is 23.1. The number of hydrogen-bond donors (Lipinski definition) is 1. The first-order valence-electron chi connectivity index (χ1n) is 8.15. The van der Waals surface area contributed by atoms with Gasteiger partial charge in [-0.05, 0) is 31.0 Å². The third-order valence-corrected chi connectivity index (χ3v) is 5.36. The molecule has 0 saturated carbocycles. The molecule has 2 fully saturated rings. The van der Waals surface area contributed by atoms with Crippen molar-refractivity contribution in [1.82, 2.24) is 14.4 Å². The number of anilines is 1. The average molecular weight is 345 g/mol. The molecule has 24 heavy (non-hydrogen) atoms. The summed E-state index contributed by atoms with van der Waals surface area (Å²) in [6.45, 7) is 2.03. The van der Waals surface area contributed by atoms with Gasteiger partial charge in [0.05, 0.1) is 42.8 Å². The molecule has 0 aliphatic carbocycles. The number of benzene rings is 1. The Balaban J connectivity index is 1.58. The number of rotatable bonds is 1. The van der Waals surface area contributed by atoms with Crippen molar-refractivity contribution in [3.8, 4) is 0 Å². The van der Waals surface area contributed by atoms with E-state index < -0.39 is 11.7 Å². The highest BCUT2D eigenvalue weighted by Gasteiger charge is 2.52. The van der Waals surface area contributed by atoms with Gasteiger partial charge in [0.15, 0.2) is 5.82 Å². The van der Waals surface area contributed by atoms with Gasteiger partial charge >= 0.3 is 0 Å². The fourth-order valence-electron chi connectivity index (χ4n) is 3.80. The average Bonchev–Trinajstić information content (AvgIpc) is 3.03. The second-order valence-electron chi connectivity index (χ2n) is 6.64. The first-order valence-corrected chi connectivity index (χ1v) is 8.52. The molecule has 2 aliphatic heterocycles. The number of aromatic nitrogens is 3. The van der Waals surface area contributed by atoms with Crippen LogP contribution in [0.2, 0.25) is 5.02 Å². The molecule has 3 aromatic rings. The highest BCUT2D eigenvalue weighted by molar-refractivity contribution is 6.31. The summed E-state index contributed by atoms with van der Waals surface area (Å²) < 4.78 is 7.91. The molecule has 1 unspecified atom stereocenters. The van der Waals surface area contributed by atoms with Crippen molar-refractivity contribution in [3.05, 3.63) is 35.7 Å². The van der Waals surface area contributed by atoms with Gasteiger partial charge < -0.3 is 14.7 Å². The molecule has 2 saturated heterocycles. The largest absolute Gasteiger partial charge is 0.390 e. The maximum Gasteiger partial charge on any atom is 0.155 e. The van der Waals surface area contributed by atoms with Crippen LogP contribution in [-0.4, -0.2) is 50.9 Å². The number of hydrogen-bond acceptors (Lipinski definition) is 5. The number of imidazole rings is 1. The van der Waals surface area contributed by atoms with E-state index in [0.29, 0.717) is 18.1 Å². The minimum Gasteiger partial charge on any atom is -0.390 e. The number of aliphatic hydroxyl groups excluding tert-OH is 1. The third kappa shape index (κ3) is 1.97. The Labute approximate surface area is 143 Å². The Hall–Kier alpha value is -1.89. The molecule has 1 N–H and O–H groups in total. The van der Waals surface area contributed by atoms with Gasteiger partial charge in [-0.2, -0.15) is 0 Å². The summed E-state index contributed by atoms with van der Waals surface area (Å²) in [6.07, 6.45) is 4.92. The number of aliphatic hydroxyl groups is 1. The van der Waals surface area contributed by atoms with E-state index in [0.717, 1.165) is 41.8 Å². The molecule has 1 aromatic carbocycles. The van der Waals surface area contributed by atoms with E-state index in [2.05, 4.69) is 9.88 Å². The van der Waals surface area contributed by atoms with Crippen LogP contribution in [0.5, 0.6) is 0 Å². The molecule has 4 heterocycles. The molecular formula is C17H17ClN4O2. The Morgan fingerprint density at radius 1 is 1.29 bits per heavy atom. The molecule has 1 atom stereocenters. The Kier molecular flexibility index (Phi) is 3.04. The Morgan fingerprint density at radius 3 is 3.00 bits per heavy atom. The molecule has 0 bridgehead atoms. The van der Waals surface area contributed by atoms with Gasteiger partial charge in [-0.1, -0.05) is 11.6 Å². The molecular weight excluding hydrogens is 328 g/mol. The summed E-state index contributed by atoms with van der Waals surface area (Å²) >= 11 is 6.12. The lowest BCUT2D eigenvalue weighted by Gasteiger charge is -2.54. The van der Waals surface area contributed by atoms with Crippen LogP contribution in [-0.2, 0) is 4.74 Å². The molecule has 5 rings (SSSR count). The van der Waals surface area contributed by atoms with Crippen LogP contribution in [0.4, 0.5) is 5.82 Å². The summed E-state index contributed by atoms with van der Waals surface area (Å²) in [6, 6.07) is 5.66. The monoisotopic (exact) mass is 344 g/mol. The van der Waals surface area contributed by atoms with Crippen LogP contribution in [0.25, 0.3) is 16.6 Å². The van der Waals surface area contributed by atoms with E-state index in [1.807, 2.05) is 28.8 Å². The molecule has 0 radical (unpaired) electrons. The lowest BCUT2D eigenvalue weighted by Crippen LogP contribution is -2.70. The SMILES string of the molecule is OC1CCCOC12CN(c1nc3ccc(Cl)cc3n3cncc13)C2. The molecule has 1 spiro atoms. The van der Waals surface area contributed by atoms with Gasteiger partial charge in [0.1, 0.15) is 11.1 Å². The fraction of sp³-hybridized carbons (Fsp3) is 0.412. The van der Waals surface area contributed by atoms with Gasteiger partial charge in [0.25, 0.3) is 0 Å². The zero-order valence-corrected chi connectivity index (χ0v) is 13.8. The lowest BCUT2D eigenvalue weighted by atomic mass is 9.83. The van der Waals surface area contributed by atoms with Crippen LogP contribution >= 0.6 is 11.6 Å². The minimum absolute atomic E-state index is 0.400. The minimum atomic E-state index is -0.439. The van der Waals surface area contributed by atoms with E-state index >= 15 is 0 Å². The van der Waals surface area contributed by atoms with Crippen LogP contribution in [0.3, 0.4) is 0 Å². The summed E-state index contributed by atoms with van der Waals surface area (Å²) in [5.74, 6) is 0.870. The van der Waals surface area contributed by atoms with Crippen molar-refractivity contribution < 1.29 is 9.84 Å². The summed E-state index contributed by atoms with van der Waals surface area (Å²) in [5.41, 5.74) is 2.30. The zero-order chi connectivity index (χ0) is 16.3. The van der Waals surface area contributed by atoms with Gasteiger partial charge in [-0.3, -0.25) is 4.40 Å². The molecule has 0 amide bonds. The van der Waals surface area contributed by atoms with Gasteiger partial charge in [0.2, 0.25) is 0 Å². The Bertz CT molecular complexity index is 935. The number of fused-ring (bicyclic) bond motifs is 3. The molecule has 6 nitrogen and oxygen atoms in total. The van der Waals surface area contributed by atoms with Crippen molar-refractivity contribution in [2.24, 2.45) is 0 Å². The zero-order valence-electron chi connectivity index (χ0n) is 13.0. The van der Waals surface area contributed by atoms with Gasteiger partial charge in [0, 0.05) is 11.6 Å². The van der Waals surface area contributed by atoms with Crippen LogP contribution < -0.4 is 4.90 Å². The standard InChI is InChI=1S/C17H17ClN4O2/c18-11-3-4-12-13(6-11)22-10-19-7-14(22)16(20-12)21-8-17(9-21)15(23)2-1-5-24-17/h3-4,6-7,10,15,23H,1-2,5,8-9H2. The van der Waals surface area contributed by atoms with E-state index in [9.17, 15) is 5.11 Å². The number of nitrogens with zero attached hydrogens (tertiary/aromatic N) is 4. The van der Waals surface area contributed by atoms with E-state index in [4.69, 9.17) is 21.3 Å². The number of ether oxygens (including phenoxy) is 1. The summed E-state index contributed by atoms with van der Waals surface area (Å²) in [7, 11) is 0. The first-order chi connectivity index (χ1) is 11.7.